The third-order valence-electron chi connectivity index (χ3n) is 4.84. The highest BCUT2D eigenvalue weighted by atomic mass is 16.5. The summed E-state index contributed by atoms with van der Waals surface area (Å²) in [5, 5.41) is 3.00. The van der Waals surface area contributed by atoms with Crippen molar-refractivity contribution in [2.45, 2.75) is 58.7 Å². The van der Waals surface area contributed by atoms with Crippen molar-refractivity contribution in [3.05, 3.63) is 64.6 Å². The number of benzene rings is 2. The number of ether oxygens (including phenoxy) is 1. The van der Waals surface area contributed by atoms with Crippen LogP contribution < -0.4 is 15.8 Å². The molecule has 0 aliphatic carbocycles. The Kier molecular flexibility index (Phi) is 6.42. The molecule has 1 aromatic heterocycles. The molecule has 154 valence electrons. The first-order valence-corrected chi connectivity index (χ1v) is 10.0. The van der Waals surface area contributed by atoms with Gasteiger partial charge in [-0.1, -0.05) is 24.3 Å². The lowest BCUT2D eigenvalue weighted by Crippen LogP contribution is -2.39. The van der Waals surface area contributed by atoms with E-state index in [1.54, 1.807) is 25.1 Å². The number of hydrogen-bond acceptors (Lipinski definition) is 4. The number of nitrogens with one attached hydrogen (secondary N) is 1. The average molecular weight is 396 g/mol. The first-order valence-electron chi connectivity index (χ1n) is 10.0. The third-order valence-corrected chi connectivity index (χ3v) is 4.84. The van der Waals surface area contributed by atoms with Crippen LogP contribution in [0.2, 0.25) is 0 Å². The van der Waals surface area contributed by atoms with Crippen LogP contribution in [0, 0.1) is 0 Å². The number of hydrogen-bond donors (Lipinski definition) is 1. The van der Waals surface area contributed by atoms with Crippen LogP contribution >= 0.6 is 0 Å². The zero-order valence-corrected chi connectivity index (χ0v) is 17.3. The lowest BCUT2D eigenvalue weighted by atomic mass is 10.1. The van der Waals surface area contributed by atoms with Gasteiger partial charge >= 0.3 is 5.76 Å². The summed E-state index contributed by atoms with van der Waals surface area (Å²) in [6.45, 7) is 7.68. The summed E-state index contributed by atoms with van der Waals surface area (Å²) in [6, 6.07) is 14.5. The molecular formula is C23H28N2O4. The number of aryl methyl sites for hydroxylation is 1. The first-order chi connectivity index (χ1) is 13.8. The van der Waals surface area contributed by atoms with Gasteiger partial charge < -0.3 is 14.5 Å². The average Bonchev–Trinajstić information content (AvgIpc) is 3.02. The molecular weight excluding hydrogens is 368 g/mol. The fourth-order valence-electron chi connectivity index (χ4n) is 3.29. The number of carbonyl (C=O) groups is 1. The van der Waals surface area contributed by atoms with Crippen LogP contribution in [0.15, 0.2) is 57.7 Å². The van der Waals surface area contributed by atoms with Crippen LogP contribution in [0.3, 0.4) is 0 Å². The standard InChI is InChI=1S/C23H28N2O4/c1-15(2)28-19-13-11-18(12-14-19)10-9-16(3)24-22(26)17(4)25-20-7-5-6-8-21(20)29-23(25)27/h5-8,11-17H,9-10H2,1-4H3,(H,24,26). The number of oxazole rings is 1. The van der Waals surface area contributed by atoms with Gasteiger partial charge in [0.2, 0.25) is 5.91 Å². The molecule has 2 unspecified atom stereocenters. The summed E-state index contributed by atoms with van der Waals surface area (Å²) >= 11 is 0. The lowest BCUT2D eigenvalue weighted by Gasteiger charge is -2.18. The van der Waals surface area contributed by atoms with Gasteiger partial charge in [0.25, 0.3) is 0 Å². The van der Waals surface area contributed by atoms with Crippen LogP contribution in [-0.4, -0.2) is 22.6 Å². The minimum Gasteiger partial charge on any atom is -0.491 e. The minimum atomic E-state index is -0.652. The number of para-hydroxylation sites is 2. The quantitative estimate of drug-likeness (QED) is 0.623. The van der Waals surface area contributed by atoms with Gasteiger partial charge in [-0.3, -0.25) is 9.36 Å². The third kappa shape index (κ3) is 5.08. The van der Waals surface area contributed by atoms with E-state index in [-0.39, 0.29) is 18.1 Å². The van der Waals surface area contributed by atoms with E-state index < -0.39 is 11.8 Å². The Labute approximate surface area is 170 Å². The Morgan fingerprint density at radius 2 is 1.76 bits per heavy atom. The zero-order chi connectivity index (χ0) is 21.0. The normalized spacial score (nSPS) is 13.4. The second kappa shape index (κ2) is 8.99. The SMILES string of the molecule is CC(CCc1ccc(OC(C)C)cc1)NC(=O)C(C)n1c(=O)oc2ccccc21. The predicted octanol–water partition coefficient (Wildman–Crippen LogP) is 4.08. The number of aromatic nitrogens is 1. The van der Waals surface area contributed by atoms with E-state index in [9.17, 15) is 9.59 Å². The van der Waals surface area contributed by atoms with Crippen LogP contribution in [0.5, 0.6) is 5.75 Å². The van der Waals surface area contributed by atoms with Crippen LogP contribution in [0.25, 0.3) is 11.1 Å². The molecule has 1 N–H and O–H groups in total. The molecule has 0 aliphatic rings. The van der Waals surface area contributed by atoms with Gasteiger partial charge in [0.1, 0.15) is 11.8 Å². The van der Waals surface area contributed by atoms with Crippen molar-refractivity contribution in [2.75, 3.05) is 0 Å². The summed E-state index contributed by atoms with van der Waals surface area (Å²) in [7, 11) is 0. The molecule has 0 fully saturated rings. The first kappa shape index (κ1) is 20.7. The molecule has 0 bridgehead atoms. The number of fused-ring (bicyclic) bond motifs is 1. The van der Waals surface area contributed by atoms with Crippen molar-refractivity contribution in [3.8, 4) is 5.75 Å². The molecule has 0 saturated carbocycles. The molecule has 0 saturated heterocycles. The maximum Gasteiger partial charge on any atom is 0.420 e. The molecule has 2 atom stereocenters. The second-order valence-corrected chi connectivity index (χ2v) is 7.64. The molecule has 0 aliphatic heterocycles. The van der Waals surface area contributed by atoms with Gasteiger partial charge in [0.05, 0.1) is 11.6 Å². The Bertz CT molecular complexity index is 1020. The molecule has 0 spiro atoms. The van der Waals surface area contributed by atoms with Gasteiger partial charge in [-0.25, -0.2) is 4.79 Å². The van der Waals surface area contributed by atoms with E-state index in [0.29, 0.717) is 11.1 Å². The van der Waals surface area contributed by atoms with Gasteiger partial charge in [0, 0.05) is 6.04 Å². The van der Waals surface area contributed by atoms with Gasteiger partial charge in [-0.2, -0.15) is 0 Å². The number of rotatable bonds is 8. The molecule has 3 rings (SSSR count). The van der Waals surface area contributed by atoms with Gasteiger partial charge in [-0.15, -0.1) is 0 Å². The highest BCUT2D eigenvalue weighted by Gasteiger charge is 2.22. The molecule has 0 radical (unpaired) electrons. The minimum absolute atomic E-state index is 0.0228. The van der Waals surface area contributed by atoms with E-state index in [0.717, 1.165) is 18.6 Å². The van der Waals surface area contributed by atoms with Crippen molar-refractivity contribution < 1.29 is 13.9 Å². The van der Waals surface area contributed by atoms with Crippen molar-refractivity contribution in [1.29, 1.82) is 0 Å². The highest BCUT2D eigenvalue weighted by Crippen LogP contribution is 2.18. The maximum absolute atomic E-state index is 12.7. The molecule has 29 heavy (non-hydrogen) atoms. The number of carbonyl (C=O) groups excluding carboxylic acids is 1. The molecule has 6 heteroatoms. The molecule has 1 amide bonds. The van der Waals surface area contributed by atoms with E-state index in [4.69, 9.17) is 9.15 Å². The molecule has 6 nitrogen and oxygen atoms in total. The maximum atomic E-state index is 12.7. The van der Waals surface area contributed by atoms with Crippen molar-refractivity contribution >= 4 is 17.0 Å². The molecule has 3 aromatic rings. The lowest BCUT2D eigenvalue weighted by molar-refractivity contribution is -0.124. The fraction of sp³-hybridized carbons (Fsp3) is 0.391. The van der Waals surface area contributed by atoms with Gasteiger partial charge in [0.15, 0.2) is 5.58 Å². The zero-order valence-electron chi connectivity index (χ0n) is 17.3. The smallest absolute Gasteiger partial charge is 0.420 e. The van der Waals surface area contributed by atoms with E-state index in [1.807, 2.05) is 51.1 Å². The monoisotopic (exact) mass is 396 g/mol. The Balaban J connectivity index is 1.57. The highest BCUT2D eigenvalue weighted by molar-refractivity contribution is 5.83. The van der Waals surface area contributed by atoms with Crippen molar-refractivity contribution in [2.24, 2.45) is 0 Å². The van der Waals surface area contributed by atoms with E-state index in [2.05, 4.69) is 5.32 Å². The van der Waals surface area contributed by atoms with Crippen molar-refractivity contribution in [3.63, 3.8) is 0 Å². The van der Waals surface area contributed by atoms with Crippen molar-refractivity contribution in [1.82, 2.24) is 9.88 Å². The fourth-order valence-corrected chi connectivity index (χ4v) is 3.29. The van der Waals surface area contributed by atoms with Crippen LogP contribution in [0.1, 0.15) is 45.7 Å². The van der Waals surface area contributed by atoms with Crippen LogP contribution in [0.4, 0.5) is 0 Å². The van der Waals surface area contributed by atoms with E-state index in [1.165, 1.54) is 10.1 Å². The second-order valence-electron chi connectivity index (χ2n) is 7.64. The summed E-state index contributed by atoms with van der Waals surface area (Å²) in [4.78, 5) is 24.9. The largest absolute Gasteiger partial charge is 0.491 e. The number of amides is 1. The summed E-state index contributed by atoms with van der Waals surface area (Å²) in [5.41, 5.74) is 2.29. The molecule has 1 heterocycles. The Morgan fingerprint density at radius 1 is 1.07 bits per heavy atom. The topological polar surface area (TPSA) is 73.5 Å². The summed E-state index contributed by atoms with van der Waals surface area (Å²) in [6.07, 6.45) is 1.79. The summed E-state index contributed by atoms with van der Waals surface area (Å²) < 4.78 is 12.3. The Hall–Kier alpha value is -3.02. The summed E-state index contributed by atoms with van der Waals surface area (Å²) in [5.74, 6) is 0.133. The number of nitrogens with zero attached hydrogens (tertiary/aromatic N) is 1. The van der Waals surface area contributed by atoms with Crippen LogP contribution in [-0.2, 0) is 11.2 Å². The van der Waals surface area contributed by atoms with Gasteiger partial charge in [-0.05, 0) is 70.4 Å². The predicted molar refractivity (Wildman–Crippen MR) is 113 cm³/mol. The van der Waals surface area contributed by atoms with E-state index >= 15 is 0 Å². The molecule has 2 aromatic carbocycles. The Morgan fingerprint density at radius 3 is 2.45 bits per heavy atom.